The molecule has 0 heterocycles. The second kappa shape index (κ2) is 5.82. The highest BCUT2D eigenvalue weighted by Crippen LogP contribution is 2.22. The highest BCUT2D eigenvalue weighted by molar-refractivity contribution is 5.66. The fourth-order valence-corrected chi connectivity index (χ4v) is 1.66. The zero-order valence-corrected chi connectivity index (χ0v) is 10.4. The fourth-order valence-electron chi connectivity index (χ4n) is 1.66. The lowest BCUT2D eigenvalue weighted by atomic mass is 9.85. The summed E-state index contributed by atoms with van der Waals surface area (Å²) in [6.45, 7) is 4.10. The molecule has 0 fully saturated rings. The summed E-state index contributed by atoms with van der Waals surface area (Å²) >= 11 is 0. The summed E-state index contributed by atoms with van der Waals surface area (Å²) in [6.07, 6.45) is 1.66. The Kier molecular flexibility index (Phi) is 4.70. The normalized spacial score (nSPS) is 11.5. The average Bonchev–Trinajstić information content (AvgIpc) is 2.29. The van der Waals surface area contributed by atoms with Gasteiger partial charge in [0.15, 0.2) is 0 Å². The maximum absolute atomic E-state index is 10.4. The minimum atomic E-state index is -0.747. The third kappa shape index (κ3) is 4.19. The molecule has 1 aromatic rings. The molecule has 0 unspecified atom stereocenters. The molecular weight excluding hydrogens is 216 g/mol. The predicted octanol–water partition coefficient (Wildman–Crippen LogP) is 2.36. The fraction of sp³-hybridized carbons (Fsp3) is 0.500. The van der Waals surface area contributed by atoms with Gasteiger partial charge in [-0.05, 0) is 24.0 Å². The molecule has 0 amide bonds. The van der Waals surface area contributed by atoms with Gasteiger partial charge in [-0.3, -0.25) is 4.79 Å². The highest BCUT2D eigenvalue weighted by Gasteiger charge is 2.18. The third-order valence-electron chi connectivity index (χ3n) is 2.99. The van der Waals surface area contributed by atoms with E-state index in [1.54, 1.807) is 0 Å². The van der Waals surface area contributed by atoms with Crippen molar-refractivity contribution in [3.63, 3.8) is 0 Å². The lowest BCUT2D eigenvalue weighted by Gasteiger charge is -2.22. The van der Waals surface area contributed by atoms with Crippen molar-refractivity contribution in [1.29, 1.82) is 0 Å². The Labute approximate surface area is 102 Å². The van der Waals surface area contributed by atoms with E-state index < -0.39 is 5.97 Å². The number of aliphatic hydroxyl groups excluding tert-OH is 1. The predicted molar refractivity (Wildman–Crippen MR) is 67.1 cm³/mol. The third-order valence-corrected chi connectivity index (χ3v) is 2.99. The van der Waals surface area contributed by atoms with Crippen LogP contribution < -0.4 is 0 Å². The minimum absolute atomic E-state index is 0.116. The van der Waals surface area contributed by atoms with Crippen LogP contribution in [0.2, 0.25) is 0 Å². The number of carboxylic acid groups (broad SMARTS) is 1. The van der Waals surface area contributed by atoms with Crippen LogP contribution in [0, 0.1) is 0 Å². The lowest BCUT2D eigenvalue weighted by molar-refractivity contribution is -0.137. The molecule has 0 aliphatic rings. The van der Waals surface area contributed by atoms with Gasteiger partial charge in [0.05, 0.1) is 6.61 Å². The quantitative estimate of drug-likeness (QED) is 0.797. The van der Waals surface area contributed by atoms with Crippen molar-refractivity contribution < 1.29 is 15.0 Å². The van der Waals surface area contributed by atoms with E-state index in [9.17, 15) is 9.90 Å². The molecule has 1 rings (SSSR count). The van der Waals surface area contributed by atoms with E-state index >= 15 is 0 Å². The van der Waals surface area contributed by atoms with Crippen molar-refractivity contribution in [2.24, 2.45) is 0 Å². The average molecular weight is 236 g/mol. The van der Waals surface area contributed by atoms with Gasteiger partial charge in [0.25, 0.3) is 0 Å². The van der Waals surface area contributed by atoms with Crippen molar-refractivity contribution in [1.82, 2.24) is 0 Å². The van der Waals surface area contributed by atoms with Crippen LogP contribution in [0.4, 0.5) is 0 Å². The number of hydrogen-bond acceptors (Lipinski definition) is 2. The van der Waals surface area contributed by atoms with Gasteiger partial charge in [-0.1, -0.05) is 38.1 Å². The molecular formula is C14H20O3. The molecule has 0 spiro atoms. The zero-order chi connectivity index (χ0) is 12.9. The number of aliphatic hydroxyl groups is 1. The SMILES string of the molecule is CC(C)(CO)c1ccc(CCCC(=O)O)cc1. The standard InChI is InChI=1S/C14H20O3/c1-14(2,10-15)12-8-6-11(7-9-12)4-3-5-13(16)17/h6-9,15H,3-5,10H2,1-2H3,(H,16,17). The minimum Gasteiger partial charge on any atom is -0.481 e. The van der Waals surface area contributed by atoms with Crippen LogP contribution in [0.15, 0.2) is 24.3 Å². The molecule has 3 heteroatoms. The Morgan fingerprint density at radius 3 is 2.29 bits per heavy atom. The summed E-state index contributed by atoms with van der Waals surface area (Å²) in [6, 6.07) is 8.03. The van der Waals surface area contributed by atoms with Crippen molar-refractivity contribution in [2.75, 3.05) is 6.61 Å². The van der Waals surface area contributed by atoms with Gasteiger partial charge in [-0.15, -0.1) is 0 Å². The van der Waals surface area contributed by atoms with Gasteiger partial charge >= 0.3 is 5.97 Å². The van der Waals surface area contributed by atoms with E-state index in [1.807, 2.05) is 38.1 Å². The Morgan fingerprint density at radius 1 is 1.24 bits per heavy atom. The maximum Gasteiger partial charge on any atom is 0.303 e. The Hall–Kier alpha value is -1.35. The number of carbonyl (C=O) groups is 1. The summed E-state index contributed by atoms with van der Waals surface area (Å²) in [5, 5.41) is 17.8. The number of aliphatic carboxylic acids is 1. The number of rotatable bonds is 6. The number of hydrogen-bond donors (Lipinski definition) is 2. The molecule has 0 aromatic heterocycles. The van der Waals surface area contributed by atoms with Gasteiger partial charge in [0.2, 0.25) is 0 Å². The molecule has 0 aliphatic heterocycles. The first-order valence-corrected chi connectivity index (χ1v) is 5.88. The maximum atomic E-state index is 10.4. The smallest absolute Gasteiger partial charge is 0.303 e. The van der Waals surface area contributed by atoms with E-state index in [1.165, 1.54) is 0 Å². The van der Waals surface area contributed by atoms with Crippen molar-refractivity contribution >= 4 is 5.97 Å². The lowest BCUT2D eigenvalue weighted by Crippen LogP contribution is -2.21. The van der Waals surface area contributed by atoms with Crippen molar-refractivity contribution in [3.8, 4) is 0 Å². The Balaban J connectivity index is 2.59. The molecule has 2 N–H and O–H groups in total. The van der Waals surface area contributed by atoms with Crippen LogP contribution >= 0.6 is 0 Å². The molecule has 94 valence electrons. The van der Waals surface area contributed by atoms with Crippen LogP contribution in [-0.2, 0) is 16.6 Å². The number of benzene rings is 1. The van der Waals surface area contributed by atoms with E-state index in [-0.39, 0.29) is 18.4 Å². The summed E-state index contributed by atoms with van der Waals surface area (Å²) in [5.74, 6) is -0.747. The van der Waals surface area contributed by atoms with Gasteiger partial charge < -0.3 is 10.2 Å². The van der Waals surface area contributed by atoms with E-state index in [0.29, 0.717) is 6.42 Å². The van der Waals surface area contributed by atoms with Crippen LogP contribution in [0.3, 0.4) is 0 Å². The Bertz CT molecular complexity index is 366. The summed E-state index contributed by atoms with van der Waals surface area (Å²) in [4.78, 5) is 10.4. The van der Waals surface area contributed by atoms with Crippen LogP contribution in [0.25, 0.3) is 0 Å². The van der Waals surface area contributed by atoms with Crippen LogP contribution in [0.5, 0.6) is 0 Å². The first-order chi connectivity index (χ1) is 7.95. The largest absolute Gasteiger partial charge is 0.481 e. The van der Waals surface area contributed by atoms with Crippen molar-refractivity contribution in [2.45, 2.75) is 38.5 Å². The first-order valence-electron chi connectivity index (χ1n) is 5.88. The van der Waals surface area contributed by atoms with E-state index in [4.69, 9.17) is 5.11 Å². The molecule has 0 radical (unpaired) electrons. The zero-order valence-electron chi connectivity index (χ0n) is 10.4. The summed E-state index contributed by atoms with van der Waals surface area (Å²) in [7, 11) is 0. The number of aryl methyl sites for hydroxylation is 1. The van der Waals surface area contributed by atoms with Crippen LogP contribution in [0.1, 0.15) is 37.8 Å². The van der Waals surface area contributed by atoms with E-state index in [2.05, 4.69) is 0 Å². The van der Waals surface area contributed by atoms with Gasteiger partial charge in [-0.2, -0.15) is 0 Å². The molecule has 0 aliphatic carbocycles. The van der Waals surface area contributed by atoms with Gasteiger partial charge in [-0.25, -0.2) is 0 Å². The number of carboxylic acids is 1. The molecule has 1 aromatic carbocycles. The second-order valence-electron chi connectivity index (χ2n) is 4.99. The van der Waals surface area contributed by atoms with Crippen LogP contribution in [-0.4, -0.2) is 22.8 Å². The molecule has 3 nitrogen and oxygen atoms in total. The first kappa shape index (κ1) is 13.7. The Morgan fingerprint density at radius 2 is 1.82 bits per heavy atom. The molecule has 0 atom stereocenters. The van der Waals surface area contributed by atoms with Gasteiger partial charge in [0, 0.05) is 11.8 Å². The van der Waals surface area contributed by atoms with Crippen molar-refractivity contribution in [3.05, 3.63) is 35.4 Å². The second-order valence-corrected chi connectivity index (χ2v) is 4.99. The molecule has 0 saturated carbocycles. The topological polar surface area (TPSA) is 57.5 Å². The monoisotopic (exact) mass is 236 g/mol. The molecule has 17 heavy (non-hydrogen) atoms. The van der Waals surface area contributed by atoms with Gasteiger partial charge in [0.1, 0.15) is 0 Å². The van der Waals surface area contributed by atoms with E-state index in [0.717, 1.165) is 17.5 Å². The molecule has 0 bridgehead atoms. The molecule has 0 saturated heterocycles. The highest BCUT2D eigenvalue weighted by atomic mass is 16.4. The summed E-state index contributed by atoms with van der Waals surface area (Å²) < 4.78 is 0. The summed E-state index contributed by atoms with van der Waals surface area (Å²) in [5.41, 5.74) is 2.02.